The van der Waals surface area contributed by atoms with Crippen molar-refractivity contribution >= 4 is 5.96 Å². The summed E-state index contributed by atoms with van der Waals surface area (Å²) in [6, 6.07) is 16.1. The first kappa shape index (κ1) is 21.2. The zero-order valence-electron chi connectivity index (χ0n) is 17.9. The van der Waals surface area contributed by atoms with Gasteiger partial charge in [-0.2, -0.15) is 0 Å². The summed E-state index contributed by atoms with van der Waals surface area (Å²) >= 11 is 0. The van der Waals surface area contributed by atoms with Crippen molar-refractivity contribution in [1.29, 1.82) is 0 Å². The molecular weight excluding hydrogens is 378 g/mol. The van der Waals surface area contributed by atoms with E-state index in [1.807, 2.05) is 48.8 Å². The van der Waals surface area contributed by atoms with Crippen molar-refractivity contribution in [3.63, 3.8) is 0 Å². The van der Waals surface area contributed by atoms with Crippen molar-refractivity contribution < 1.29 is 9.47 Å². The predicted octanol–water partition coefficient (Wildman–Crippen LogP) is 3.37. The molecule has 3 rings (SSSR count). The SMILES string of the molecule is CN=C(NCc1nccn1Cc1ccccc1)NC(C)c1cc(OC)ccc1OC. The van der Waals surface area contributed by atoms with Crippen LogP contribution in [0.2, 0.25) is 0 Å². The lowest BCUT2D eigenvalue weighted by molar-refractivity contribution is 0.394. The van der Waals surface area contributed by atoms with Crippen molar-refractivity contribution in [3.05, 3.63) is 77.9 Å². The van der Waals surface area contributed by atoms with Crippen LogP contribution in [0.4, 0.5) is 0 Å². The molecule has 158 valence electrons. The highest BCUT2D eigenvalue weighted by atomic mass is 16.5. The van der Waals surface area contributed by atoms with E-state index in [0.29, 0.717) is 12.5 Å². The number of nitrogens with one attached hydrogen (secondary N) is 2. The molecular formula is C23H29N5O2. The number of ether oxygens (including phenoxy) is 2. The monoisotopic (exact) mass is 407 g/mol. The van der Waals surface area contributed by atoms with Crippen LogP contribution in [0, 0.1) is 0 Å². The zero-order chi connectivity index (χ0) is 21.3. The second-order valence-electron chi connectivity index (χ2n) is 6.86. The summed E-state index contributed by atoms with van der Waals surface area (Å²) in [4.78, 5) is 8.84. The molecule has 2 N–H and O–H groups in total. The summed E-state index contributed by atoms with van der Waals surface area (Å²) in [6.07, 6.45) is 3.81. The van der Waals surface area contributed by atoms with Gasteiger partial charge in [-0.05, 0) is 30.7 Å². The highest BCUT2D eigenvalue weighted by Gasteiger charge is 2.15. The maximum absolute atomic E-state index is 5.50. The highest BCUT2D eigenvalue weighted by Crippen LogP contribution is 2.29. The van der Waals surface area contributed by atoms with E-state index in [1.54, 1.807) is 21.3 Å². The number of aliphatic imine (C=N–C) groups is 1. The van der Waals surface area contributed by atoms with Gasteiger partial charge in [0.15, 0.2) is 5.96 Å². The average Bonchev–Trinajstić information content (AvgIpc) is 3.23. The van der Waals surface area contributed by atoms with E-state index < -0.39 is 0 Å². The molecule has 7 nitrogen and oxygen atoms in total. The van der Waals surface area contributed by atoms with Gasteiger partial charge in [-0.1, -0.05) is 30.3 Å². The Morgan fingerprint density at radius 1 is 1.13 bits per heavy atom. The van der Waals surface area contributed by atoms with Gasteiger partial charge < -0.3 is 24.7 Å². The van der Waals surface area contributed by atoms with E-state index in [2.05, 4.69) is 44.2 Å². The number of methoxy groups -OCH3 is 2. The van der Waals surface area contributed by atoms with Crippen LogP contribution in [0.15, 0.2) is 65.9 Å². The Labute approximate surface area is 177 Å². The first-order valence-electron chi connectivity index (χ1n) is 9.87. The third kappa shape index (κ3) is 5.31. The van der Waals surface area contributed by atoms with E-state index in [-0.39, 0.29) is 6.04 Å². The fourth-order valence-corrected chi connectivity index (χ4v) is 3.25. The Bertz CT molecular complexity index is 969. The van der Waals surface area contributed by atoms with Gasteiger partial charge in [0.1, 0.15) is 17.3 Å². The topological polar surface area (TPSA) is 72.7 Å². The molecule has 2 aromatic carbocycles. The molecule has 0 spiro atoms. The maximum atomic E-state index is 5.50. The molecule has 1 unspecified atom stereocenters. The number of rotatable bonds is 8. The predicted molar refractivity (Wildman–Crippen MR) is 119 cm³/mol. The van der Waals surface area contributed by atoms with Gasteiger partial charge in [0.05, 0.1) is 26.8 Å². The minimum absolute atomic E-state index is 0.0367. The van der Waals surface area contributed by atoms with E-state index in [1.165, 1.54) is 5.56 Å². The molecule has 7 heteroatoms. The summed E-state index contributed by atoms with van der Waals surface area (Å²) < 4.78 is 13.0. The number of imidazole rings is 1. The molecule has 1 heterocycles. The van der Waals surface area contributed by atoms with Crippen molar-refractivity contribution in [2.24, 2.45) is 4.99 Å². The number of aromatic nitrogens is 2. The second kappa shape index (κ2) is 10.3. The fraction of sp³-hybridized carbons (Fsp3) is 0.304. The lowest BCUT2D eigenvalue weighted by Crippen LogP contribution is -2.38. The quantitative estimate of drug-likeness (QED) is 0.442. The van der Waals surface area contributed by atoms with E-state index in [0.717, 1.165) is 29.4 Å². The molecule has 0 amide bonds. The van der Waals surface area contributed by atoms with Gasteiger partial charge in [0, 0.05) is 31.5 Å². The molecule has 3 aromatic rings. The summed E-state index contributed by atoms with van der Waals surface area (Å²) in [6.45, 7) is 3.39. The normalized spacial score (nSPS) is 12.3. The Hall–Kier alpha value is -3.48. The van der Waals surface area contributed by atoms with Gasteiger partial charge in [0.2, 0.25) is 0 Å². The average molecular weight is 408 g/mol. The number of nitrogens with zero attached hydrogens (tertiary/aromatic N) is 3. The summed E-state index contributed by atoms with van der Waals surface area (Å²) in [5.41, 5.74) is 2.23. The van der Waals surface area contributed by atoms with Crippen molar-refractivity contribution in [3.8, 4) is 11.5 Å². The van der Waals surface area contributed by atoms with Crippen molar-refractivity contribution in [1.82, 2.24) is 20.2 Å². The molecule has 0 fully saturated rings. The van der Waals surface area contributed by atoms with Crippen LogP contribution >= 0.6 is 0 Å². The lowest BCUT2D eigenvalue weighted by Gasteiger charge is -2.21. The molecule has 1 atom stereocenters. The smallest absolute Gasteiger partial charge is 0.191 e. The van der Waals surface area contributed by atoms with Gasteiger partial charge in [-0.15, -0.1) is 0 Å². The molecule has 0 aliphatic heterocycles. The maximum Gasteiger partial charge on any atom is 0.191 e. The number of hydrogen-bond donors (Lipinski definition) is 2. The number of guanidine groups is 1. The molecule has 0 aliphatic carbocycles. The molecule has 0 radical (unpaired) electrons. The summed E-state index contributed by atoms with van der Waals surface area (Å²) in [7, 11) is 5.07. The zero-order valence-corrected chi connectivity index (χ0v) is 17.9. The van der Waals surface area contributed by atoms with Crippen LogP contribution in [-0.2, 0) is 13.1 Å². The van der Waals surface area contributed by atoms with E-state index in [9.17, 15) is 0 Å². The van der Waals surface area contributed by atoms with Crippen molar-refractivity contribution in [2.75, 3.05) is 21.3 Å². The van der Waals surface area contributed by atoms with E-state index >= 15 is 0 Å². The highest BCUT2D eigenvalue weighted by molar-refractivity contribution is 5.80. The van der Waals surface area contributed by atoms with Gasteiger partial charge in [-0.3, -0.25) is 4.99 Å². The minimum Gasteiger partial charge on any atom is -0.497 e. The standard InChI is InChI=1S/C23H29N5O2/c1-17(20-14-19(29-3)10-11-21(20)30-4)27-23(24-2)26-15-22-25-12-13-28(22)16-18-8-6-5-7-9-18/h5-14,17H,15-16H2,1-4H3,(H2,24,26,27). The molecule has 0 bridgehead atoms. The van der Waals surface area contributed by atoms with Gasteiger partial charge in [-0.25, -0.2) is 4.98 Å². The minimum atomic E-state index is -0.0367. The summed E-state index contributed by atoms with van der Waals surface area (Å²) in [5.74, 6) is 3.20. The molecule has 0 saturated heterocycles. The van der Waals surface area contributed by atoms with Crippen LogP contribution in [0.3, 0.4) is 0 Å². The fourth-order valence-electron chi connectivity index (χ4n) is 3.25. The van der Waals surface area contributed by atoms with E-state index in [4.69, 9.17) is 9.47 Å². The third-order valence-corrected chi connectivity index (χ3v) is 4.89. The molecule has 0 aliphatic rings. The summed E-state index contributed by atoms with van der Waals surface area (Å²) in [5, 5.41) is 6.76. The Balaban J connectivity index is 1.64. The molecule has 0 saturated carbocycles. The van der Waals surface area contributed by atoms with Crippen molar-refractivity contribution in [2.45, 2.75) is 26.1 Å². The largest absolute Gasteiger partial charge is 0.497 e. The van der Waals surface area contributed by atoms with Crippen LogP contribution in [0.1, 0.15) is 29.9 Å². The molecule has 1 aromatic heterocycles. The van der Waals surface area contributed by atoms with Crippen LogP contribution in [0.5, 0.6) is 11.5 Å². The van der Waals surface area contributed by atoms with Crippen LogP contribution < -0.4 is 20.1 Å². The first-order valence-corrected chi connectivity index (χ1v) is 9.87. The first-order chi connectivity index (χ1) is 14.6. The second-order valence-corrected chi connectivity index (χ2v) is 6.86. The van der Waals surface area contributed by atoms with Gasteiger partial charge >= 0.3 is 0 Å². The van der Waals surface area contributed by atoms with Gasteiger partial charge in [0.25, 0.3) is 0 Å². The van der Waals surface area contributed by atoms with Crippen LogP contribution in [0.25, 0.3) is 0 Å². The Morgan fingerprint density at radius 3 is 2.63 bits per heavy atom. The Kier molecular flexibility index (Phi) is 7.32. The molecule has 30 heavy (non-hydrogen) atoms. The number of benzene rings is 2. The number of hydrogen-bond acceptors (Lipinski definition) is 4. The third-order valence-electron chi connectivity index (χ3n) is 4.89. The Morgan fingerprint density at radius 2 is 1.93 bits per heavy atom. The van der Waals surface area contributed by atoms with Crippen LogP contribution in [-0.4, -0.2) is 36.8 Å². The lowest BCUT2D eigenvalue weighted by atomic mass is 10.1.